The normalized spacial score (nSPS) is 9.50. The van der Waals surface area contributed by atoms with Gasteiger partial charge in [-0.1, -0.05) is 6.07 Å². The average molecular weight is 196 g/mol. The molecule has 0 aliphatic heterocycles. The molecule has 0 atom stereocenters. The molecule has 0 bridgehead atoms. The van der Waals surface area contributed by atoms with E-state index in [1.807, 2.05) is 13.0 Å². The smallest absolute Gasteiger partial charge is 0.404 e. The zero-order chi connectivity index (χ0) is 10.4. The molecule has 76 valence electrons. The highest BCUT2D eigenvalue weighted by Gasteiger charge is 1.96. The molecule has 0 radical (unpaired) electrons. The second-order valence-corrected chi connectivity index (χ2v) is 2.75. The number of aromatic nitrogens is 1. The van der Waals surface area contributed by atoms with Crippen LogP contribution in [0.3, 0.4) is 0 Å². The number of rotatable bonds is 4. The summed E-state index contributed by atoms with van der Waals surface area (Å²) in [5.41, 5.74) is 1.06. The highest BCUT2D eigenvalue weighted by atomic mass is 16.5. The summed E-state index contributed by atoms with van der Waals surface area (Å²) in [5, 5.41) is 10.5. The van der Waals surface area contributed by atoms with Crippen molar-refractivity contribution >= 4 is 6.09 Å². The van der Waals surface area contributed by atoms with Crippen LogP contribution in [0, 0.1) is 6.92 Å². The highest BCUT2D eigenvalue weighted by Crippen LogP contribution is 2.05. The van der Waals surface area contributed by atoms with Gasteiger partial charge in [0.15, 0.2) is 0 Å². The second kappa shape index (κ2) is 5.06. The van der Waals surface area contributed by atoms with Crippen LogP contribution in [0.4, 0.5) is 4.79 Å². The van der Waals surface area contributed by atoms with Crippen LogP contribution < -0.4 is 10.1 Å². The molecule has 2 N–H and O–H groups in total. The van der Waals surface area contributed by atoms with E-state index < -0.39 is 6.09 Å². The molecule has 0 unspecified atom stereocenters. The van der Waals surface area contributed by atoms with Crippen molar-refractivity contribution in [1.82, 2.24) is 10.3 Å². The van der Waals surface area contributed by atoms with E-state index in [0.717, 1.165) is 5.56 Å². The number of aryl methyl sites for hydroxylation is 1. The number of pyridine rings is 1. The standard InChI is InChI=1S/C9H12N2O3/c1-7-2-3-8(11-6-7)14-5-4-10-9(12)13/h2-3,6,10H,4-5H2,1H3,(H,12,13). The summed E-state index contributed by atoms with van der Waals surface area (Å²) in [5.74, 6) is 0.503. The Morgan fingerprint density at radius 2 is 2.43 bits per heavy atom. The van der Waals surface area contributed by atoms with Crippen molar-refractivity contribution in [2.45, 2.75) is 6.92 Å². The number of hydrogen-bond acceptors (Lipinski definition) is 3. The fourth-order valence-corrected chi connectivity index (χ4v) is 0.853. The number of nitrogens with one attached hydrogen (secondary N) is 1. The zero-order valence-electron chi connectivity index (χ0n) is 7.86. The van der Waals surface area contributed by atoms with Gasteiger partial charge in [-0.25, -0.2) is 9.78 Å². The Balaban J connectivity index is 2.25. The van der Waals surface area contributed by atoms with Crippen molar-refractivity contribution in [3.8, 4) is 5.88 Å². The van der Waals surface area contributed by atoms with E-state index in [2.05, 4.69) is 10.3 Å². The number of carbonyl (C=O) groups is 1. The lowest BCUT2D eigenvalue weighted by atomic mass is 10.3. The lowest BCUT2D eigenvalue weighted by molar-refractivity contribution is 0.190. The first-order valence-electron chi connectivity index (χ1n) is 4.21. The van der Waals surface area contributed by atoms with Crippen LogP contribution in [0.5, 0.6) is 5.88 Å². The summed E-state index contributed by atoms with van der Waals surface area (Å²) in [6.07, 6.45) is 0.644. The van der Waals surface area contributed by atoms with Crippen molar-refractivity contribution in [3.63, 3.8) is 0 Å². The molecule has 1 amide bonds. The number of hydrogen-bond donors (Lipinski definition) is 2. The number of carboxylic acid groups (broad SMARTS) is 1. The topological polar surface area (TPSA) is 71.5 Å². The highest BCUT2D eigenvalue weighted by molar-refractivity contribution is 5.64. The largest absolute Gasteiger partial charge is 0.476 e. The summed E-state index contributed by atoms with van der Waals surface area (Å²) in [7, 11) is 0. The molecule has 0 aliphatic rings. The third-order valence-electron chi connectivity index (χ3n) is 1.51. The van der Waals surface area contributed by atoms with Gasteiger partial charge in [-0.15, -0.1) is 0 Å². The van der Waals surface area contributed by atoms with E-state index in [9.17, 15) is 4.79 Å². The third kappa shape index (κ3) is 3.75. The molecular formula is C9H12N2O3. The third-order valence-corrected chi connectivity index (χ3v) is 1.51. The first-order valence-corrected chi connectivity index (χ1v) is 4.21. The Labute approximate surface area is 81.7 Å². The van der Waals surface area contributed by atoms with Crippen molar-refractivity contribution in [2.24, 2.45) is 0 Å². The maximum absolute atomic E-state index is 10.1. The minimum Gasteiger partial charge on any atom is -0.476 e. The van der Waals surface area contributed by atoms with Crippen molar-refractivity contribution < 1.29 is 14.6 Å². The molecule has 0 fully saturated rings. The minimum absolute atomic E-state index is 0.255. The predicted octanol–water partition coefficient (Wildman–Crippen LogP) is 1.04. The molecular weight excluding hydrogens is 184 g/mol. The number of amides is 1. The Morgan fingerprint density at radius 3 is 3.00 bits per heavy atom. The summed E-state index contributed by atoms with van der Waals surface area (Å²) in [6, 6.07) is 3.63. The second-order valence-electron chi connectivity index (χ2n) is 2.75. The average Bonchev–Trinajstić information content (AvgIpc) is 2.15. The van der Waals surface area contributed by atoms with Gasteiger partial charge in [-0.3, -0.25) is 0 Å². The van der Waals surface area contributed by atoms with E-state index in [4.69, 9.17) is 9.84 Å². The Hall–Kier alpha value is -1.78. The maximum atomic E-state index is 10.1. The predicted molar refractivity (Wildman–Crippen MR) is 50.5 cm³/mol. The van der Waals surface area contributed by atoms with Crippen LogP contribution >= 0.6 is 0 Å². The van der Waals surface area contributed by atoms with Gasteiger partial charge in [0.2, 0.25) is 5.88 Å². The van der Waals surface area contributed by atoms with Crippen molar-refractivity contribution in [1.29, 1.82) is 0 Å². The molecule has 1 heterocycles. The van der Waals surface area contributed by atoms with Gasteiger partial charge in [0.25, 0.3) is 0 Å². The van der Waals surface area contributed by atoms with Crippen LogP contribution in [0.15, 0.2) is 18.3 Å². The lowest BCUT2D eigenvalue weighted by Crippen LogP contribution is -2.26. The van der Waals surface area contributed by atoms with E-state index in [0.29, 0.717) is 5.88 Å². The van der Waals surface area contributed by atoms with Gasteiger partial charge in [0.05, 0.1) is 6.54 Å². The van der Waals surface area contributed by atoms with Crippen LogP contribution in [-0.4, -0.2) is 29.3 Å². The van der Waals surface area contributed by atoms with Crippen LogP contribution in [-0.2, 0) is 0 Å². The molecule has 0 aromatic carbocycles. The van der Waals surface area contributed by atoms with Crippen LogP contribution in [0.25, 0.3) is 0 Å². The molecule has 1 aromatic heterocycles. The summed E-state index contributed by atoms with van der Waals surface area (Å²) in [4.78, 5) is 14.1. The molecule has 0 saturated carbocycles. The quantitative estimate of drug-likeness (QED) is 0.706. The Bertz CT molecular complexity index is 297. The van der Waals surface area contributed by atoms with Gasteiger partial charge < -0.3 is 15.2 Å². The first kappa shape index (κ1) is 10.3. The minimum atomic E-state index is -1.05. The summed E-state index contributed by atoms with van der Waals surface area (Å²) >= 11 is 0. The monoisotopic (exact) mass is 196 g/mol. The van der Waals surface area contributed by atoms with Crippen LogP contribution in [0.1, 0.15) is 5.56 Å². The fraction of sp³-hybridized carbons (Fsp3) is 0.333. The summed E-state index contributed by atoms with van der Waals surface area (Å²) < 4.78 is 5.17. The molecule has 1 rings (SSSR count). The van der Waals surface area contributed by atoms with E-state index >= 15 is 0 Å². The number of ether oxygens (including phenoxy) is 1. The van der Waals surface area contributed by atoms with E-state index in [1.54, 1.807) is 12.3 Å². The van der Waals surface area contributed by atoms with Crippen LogP contribution in [0.2, 0.25) is 0 Å². The van der Waals surface area contributed by atoms with Gasteiger partial charge in [0, 0.05) is 12.3 Å². The fourth-order valence-electron chi connectivity index (χ4n) is 0.853. The van der Waals surface area contributed by atoms with Gasteiger partial charge in [-0.2, -0.15) is 0 Å². The number of nitrogens with zero attached hydrogens (tertiary/aromatic N) is 1. The van der Waals surface area contributed by atoms with Gasteiger partial charge in [-0.05, 0) is 12.5 Å². The molecule has 14 heavy (non-hydrogen) atoms. The first-order chi connectivity index (χ1) is 6.68. The molecule has 5 heteroatoms. The van der Waals surface area contributed by atoms with E-state index in [-0.39, 0.29) is 13.2 Å². The lowest BCUT2D eigenvalue weighted by Gasteiger charge is -2.04. The molecule has 0 saturated heterocycles. The Kier molecular flexibility index (Phi) is 3.72. The molecule has 0 aliphatic carbocycles. The van der Waals surface area contributed by atoms with Gasteiger partial charge in [0.1, 0.15) is 6.61 Å². The van der Waals surface area contributed by atoms with Crippen molar-refractivity contribution in [3.05, 3.63) is 23.9 Å². The Morgan fingerprint density at radius 1 is 1.64 bits per heavy atom. The maximum Gasteiger partial charge on any atom is 0.404 e. The molecule has 5 nitrogen and oxygen atoms in total. The zero-order valence-corrected chi connectivity index (χ0v) is 7.86. The SMILES string of the molecule is Cc1ccc(OCCNC(=O)O)nc1. The van der Waals surface area contributed by atoms with Gasteiger partial charge >= 0.3 is 6.09 Å². The van der Waals surface area contributed by atoms with Crippen molar-refractivity contribution in [2.75, 3.05) is 13.2 Å². The van der Waals surface area contributed by atoms with E-state index in [1.165, 1.54) is 0 Å². The summed E-state index contributed by atoms with van der Waals surface area (Å²) in [6.45, 7) is 2.47. The molecule has 1 aromatic rings. The molecule has 0 spiro atoms.